The minimum atomic E-state index is -0.470. The van der Waals surface area contributed by atoms with Crippen molar-refractivity contribution in [2.75, 3.05) is 31.1 Å². The first-order valence-electron chi connectivity index (χ1n) is 13.1. The van der Waals surface area contributed by atoms with E-state index in [9.17, 15) is 14.4 Å². The molecule has 36 heavy (non-hydrogen) atoms. The molecule has 3 fully saturated rings. The zero-order valence-electron chi connectivity index (χ0n) is 21.8. The molecule has 1 aromatic heterocycles. The average molecular weight is 496 g/mol. The molecule has 1 unspecified atom stereocenters. The highest BCUT2D eigenvalue weighted by atomic mass is 16.6. The first kappa shape index (κ1) is 24.6. The van der Waals surface area contributed by atoms with E-state index in [1.54, 1.807) is 0 Å². The molecule has 1 aromatic carbocycles. The molecule has 1 atom stereocenters. The number of nitrogens with zero attached hydrogens (tertiary/aromatic N) is 4. The fourth-order valence-electron chi connectivity index (χ4n) is 6.02. The molecule has 4 heterocycles. The van der Waals surface area contributed by atoms with Crippen molar-refractivity contribution in [3.8, 4) is 0 Å². The number of anilines is 1. The van der Waals surface area contributed by atoms with Crippen LogP contribution < -0.4 is 10.2 Å². The summed E-state index contributed by atoms with van der Waals surface area (Å²) < 4.78 is 7.45. The largest absolute Gasteiger partial charge is 0.444 e. The summed E-state index contributed by atoms with van der Waals surface area (Å²) >= 11 is 0. The van der Waals surface area contributed by atoms with Gasteiger partial charge in [-0.15, -0.1) is 0 Å². The summed E-state index contributed by atoms with van der Waals surface area (Å²) in [4.78, 5) is 40.9. The summed E-state index contributed by atoms with van der Waals surface area (Å²) in [6.45, 7) is 9.12. The maximum atomic E-state index is 12.5. The number of imide groups is 1. The minimum Gasteiger partial charge on any atom is -0.444 e. The van der Waals surface area contributed by atoms with E-state index in [1.165, 1.54) is 0 Å². The average Bonchev–Trinajstić information content (AvgIpc) is 3.15. The van der Waals surface area contributed by atoms with Gasteiger partial charge in [0.2, 0.25) is 11.8 Å². The molecule has 0 aliphatic carbocycles. The zero-order valence-corrected chi connectivity index (χ0v) is 21.8. The number of ether oxygens (including phenoxy) is 1. The summed E-state index contributed by atoms with van der Waals surface area (Å²) in [5, 5.41) is 8.19. The van der Waals surface area contributed by atoms with Crippen molar-refractivity contribution in [1.82, 2.24) is 20.0 Å². The van der Waals surface area contributed by atoms with Crippen LogP contribution in [0, 0.1) is 5.41 Å². The highest BCUT2D eigenvalue weighted by Crippen LogP contribution is 2.43. The number of para-hydroxylation sites is 1. The Morgan fingerprint density at radius 2 is 1.75 bits per heavy atom. The van der Waals surface area contributed by atoms with Gasteiger partial charge in [0.05, 0.1) is 22.8 Å². The number of piperidine rings is 3. The van der Waals surface area contributed by atoms with E-state index in [0.29, 0.717) is 12.8 Å². The molecule has 9 heteroatoms. The van der Waals surface area contributed by atoms with Crippen LogP contribution in [0.4, 0.5) is 10.5 Å². The lowest BCUT2D eigenvalue weighted by atomic mass is 9.71. The number of fused-ring (bicyclic) bond motifs is 1. The second-order valence-corrected chi connectivity index (χ2v) is 11.6. The van der Waals surface area contributed by atoms with Crippen LogP contribution in [-0.2, 0) is 21.4 Å². The molecule has 5 rings (SSSR count). The number of nitrogens with one attached hydrogen (secondary N) is 1. The molecular weight excluding hydrogens is 458 g/mol. The summed E-state index contributed by atoms with van der Waals surface area (Å²) in [7, 11) is 1.93. The fourth-order valence-corrected chi connectivity index (χ4v) is 6.02. The monoisotopic (exact) mass is 495 g/mol. The number of amides is 3. The first-order valence-corrected chi connectivity index (χ1v) is 13.1. The Labute approximate surface area is 212 Å². The zero-order chi connectivity index (χ0) is 25.7. The third-order valence-corrected chi connectivity index (χ3v) is 8.08. The molecule has 2 aromatic rings. The van der Waals surface area contributed by atoms with Crippen molar-refractivity contribution in [2.24, 2.45) is 12.5 Å². The van der Waals surface area contributed by atoms with E-state index >= 15 is 0 Å². The SMILES string of the molecule is Cn1nc(C2CCC(=O)NC2=O)c2cccc(N3CCC4(CCN(C(=O)OC(C)(C)C)CC4)CC3)c21. The van der Waals surface area contributed by atoms with Crippen LogP contribution in [-0.4, -0.2) is 64.4 Å². The van der Waals surface area contributed by atoms with Gasteiger partial charge in [0, 0.05) is 45.0 Å². The molecule has 0 bridgehead atoms. The van der Waals surface area contributed by atoms with Crippen molar-refractivity contribution < 1.29 is 19.1 Å². The van der Waals surface area contributed by atoms with Gasteiger partial charge >= 0.3 is 6.09 Å². The van der Waals surface area contributed by atoms with Crippen LogP contribution in [0.15, 0.2) is 18.2 Å². The Hall–Kier alpha value is -3.10. The van der Waals surface area contributed by atoms with E-state index in [2.05, 4.69) is 16.3 Å². The van der Waals surface area contributed by atoms with Gasteiger partial charge in [-0.1, -0.05) is 12.1 Å². The highest BCUT2D eigenvalue weighted by Gasteiger charge is 2.40. The maximum absolute atomic E-state index is 12.5. The number of hydrogen-bond acceptors (Lipinski definition) is 6. The van der Waals surface area contributed by atoms with Crippen LogP contribution in [0.5, 0.6) is 0 Å². The second kappa shape index (κ2) is 9.09. The molecule has 0 saturated carbocycles. The molecule has 3 amide bonds. The molecule has 3 saturated heterocycles. The van der Waals surface area contributed by atoms with Gasteiger partial charge in [0.1, 0.15) is 5.60 Å². The van der Waals surface area contributed by atoms with Gasteiger partial charge in [0.15, 0.2) is 0 Å². The number of carbonyl (C=O) groups is 3. The normalized spacial score (nSPS) is 22.7. The minimum absolute atomic E-state index is 0.204. The third-order valence-electron chi connectivity index (χ3n) is 8.08. The van der Waals surface area contributed by atoms with Gasteiger partial charge in [-0.3, -0.25) is 19.6 Å². The smallest absolute Gasteiger partial charge is 0.410 e. The summed E-state index contributed by atoms with van der Waals surface area (Å²) in [6, 6.07) is 6.21. The molecular formula is C27H37N5O4. The predicted octanol–water partition coefficient (Wildman–Crippen LogP) is 3.71. The molecule has 1 spiro atoms. The highest BCUT2D eigenvalue weighted by molar-refractivity contribution is 6.03. The molecule has 9 nitrogen and oxygen atoms in total. The van der Waals surface area contributed by atoms with Gasteiger partial charge in [0.25, 0.3) is 0 Å². The molecule has 3 aliphatic heterocycles. The van der Waals surface area contributed by atoms with Gasteiger partial charge in [-0.2, -0.15) is 5.10 Å². The topological polar surface area (TPSA) is 96.8 Å². The van der Waals surface area contributed by atoms with Crippen LogP contribution in [0.25, 0.3) is 10.9 Å². The fraction of sp³-hybridized carbons (Fsp3) is 0.630. The Morgan fingerprint density at radius 1 is 1.08 bits per heavy atom. The van der Waals surface area contributed by atoms with Crippen LogP contribution in [0.2, 0.25) is 0 Å². The van der Waals surface area contributed by atoms with Crippen LogP contribution in [0.1, 0.15) is 70.9 Å². The van der Waals surface area contributed by atoms with Crippen molar-refractivity contribution in [3.63, 3.8) is 0 Å². The Balaban J connectivity index is 1.28. The molecule has 0 radical (unpaired) electrons. The van der Waals surface area contributed by atoms with E-state index in [4.69, 9.17) is 9.84 Å². The van der Waals surface area contributed by atoms with E-state index in [1.807, 2.05) is 49.5 Å². The number of aryl methyl sites for hydroxylation is 1. The van der Waals surface area contributed by atoms with E-state index in [0.717, 1.165) is 74.1 Å². The van der Waals surface area contributed by atoms with Crippen molar-refractivity contribution >= 4 is 34.5 Å². The van der Waals surface area contributed by atoms with Gasteiger partial charge < -0.3 is 14.5 Å². The molecule has 194 valence electrons. The number of hydrogen-bond donors (Lipinski definition) is 1. The standard InChI is InChI=1S/C27H37N5O4/c1-26(2,3)36-25(35)32-16-12-27(13-17-32)10-14-31(15-11-27)20-7-5-6-18-22(29-30(4)23(18)20)19-8-9-21(33)28-24(19)34/h5-7,19H,8-17H2,1-4H3,(H,28,33,34). The van der Waals surface area contributed by atoms with E-state index in [-0.39, 0.29) is 23.3 Å². The van der Waals surface area contributed by atoms with E-state index < -0.39 is 11.5 Å². The van der Waals surface area contributed by atoms with Gasteiger partial charge in [-0.05, 0) is 64.4 Å². The molecule has 3 aliphatic rings. The van der Waals surface area contributed by atoms with Gasteiger partial charge in [-0.25, -0.2) is 4.79 Å². The van der Waals surface area contributed by atoms with Crippen molar-refractivity contribution in [2.45, 2.75) is 70.8 Å². The Kier molecular flexibility index (Phi) is 6.21. The number of rotatable bonds is 2. The summed E-state index contributed by atoms with van der Waals surface area (Å²) in [5.41, 5.74) is 2.73. The maximum Gasteiger partial charge on any atom is 0.410 e. The number of carbonyl (C=O) groups excluding carboxylic acids is 3. The number of benzene rings is 1. The molecule has 1 N–H and O–H groups in total. The predicted molar refractivity (Wildman–Crippen MR) is 137 cm³/mol. The lowest BCUT2D eigenvalue weighted by Crippen LogP contribution is -2.49. The summed E-state index contributed by atoms with van der Waals surface area (Å²) in [5.74, 6) is -0.868. The quantitative estimate of drug-likeness (QED) is 0.638. The Bertz CT molecular complexity index is 1180. The number of aromatic nitrogens is 2. The second-order valence-electron chi connectivity index (χ2n) is 11.6. The Morgan fingerprint density at radius 3 is 2.39 bits per heavy atom. The van der Waals surface area contributed by atoms with Crippen molar-refractivity contribution in [1.29, 1.82) is 0 Å². The lowest BCUT2D eigenvalue weighted by molar-refractivity contribution is -0.134. The summed E-state index contributed by atoms with van der Waals surface area (Å²) in [6.07, 6.45) is 4.82. The number of likely N-dealkylation sites (tertiary alicyclic amines) is 1. The van der Waals surface area contributed by atoms with Crippen LogP contribution in [0.3, 0.4) is 0 Å². The first-order chi connectivity index (χ1) is 17.1. The van der Waals surface area contributed by atoms with Crippen LogP contribution >= 0.6 is 0 Å². The third kappa shape index (κ3) is 4.67. The lowest BCUT2D eigenvalue weighted by Gasteiger charge is -2.47. The van der Waals surface area contributed by atoms with Crippen molar-refractivity contribution in [3.05, 3.63) is 23.9 Å².